The number of carbonyl (C=O) groups is 3. The zero-order chi connectivity index (χ0) is 32.9. The summed E-state index contributed by atoms with van der Waals surface area (Å²) in [4.78, 5) is 38.0. The van der Waals surface area contributed by atoms with Crippen LogP contribution in [0.25, 0.3) is 0 Å². The normalized spacial score (nSPS) is 41.5. The molecule has 0 aromatic rings. The molecule has 44 heavy (non-hydrogen) atoms. The molecule has 7 unspecified atom stereocenters. The average Bonchev–Trinajstić information content (AvgIpc) is 2.89. The molecule has 9 atom stereocenters. The first kappa shape index (κ1) is 35.6. The molecule has 0 heterocycles. The lowest BCUT2D eigenvalue weighted by Gasteiger charge is -2.72. The second kappa shape index (κ2) is 12.4. The molecular formula is C37H63NO5S. The highest BCUT2D eigenvalue weighted by molar-refractivity contribution is 7.97. The topological polar surface area (TPSA) is 92.7 Å². The van der Waals surface area contributed by atoms with E-state index < -0.39 is 11.4 Å². The van der Waals surface area contributed by atoms with Gasteiger partial charge < -0.3 is 9.84 Å². The molecule has 0 saturated heterocycles. The molecular weight excluding hydrogens is 570 g/mol. The molecule has 0 aromatic heterocycles. The Bertz CT molecular complexity index is 1110. The number of unbranched alkanes of at least 4 members (excludes halogenated alkanes) is 1. The minimum absolute atomic E-state index is 0.0441. The Balaban J connectivity index is 1.58. The summed E-state index contributed by atoms with van der Waals surface area (Å²) in [5.41, 5.74) is -0.503. The van der Waals surface area contributed by atoms with E-state index in [1.165, 1.54) is 37.6 Å². The Labute approximate surface area is 272 Å². The standard InChI is InChI=1S/C37H63NO5S/c1-11-12-13-24-25-14-15-27-35(7)18-17-28(43-30(41)23-32(2,3)22-29(39)40)33(4,5)26(35)16-19-37(27,9)36(25,8)21-20-34(24,6)31(42)38-44-10/h24-28H,11-23H2,1-10H3,(H,38,42)(H,39,40)/t24-,25?,26?,27?,28?,34?,35?,36-,37?/m1/s1. The van der Waals surface area contributed by atoms with Crippen molar-refractivity contribution < 1.29 is 24.2 Å². The lowest BCUT2D eigenvalue weighted by molar-refractivity contribution is -0.249. The van der Waals surface area contributed by atoms with Gasteiger partial charge in [-0.2, -0.15) is 0 Å². The van der Waals surface area contributed by atoms with Gasteiger partial charge in [-0.05, 0) is 103 Å². The first-order valence-electron chi connectivity index (χ1n) is 17.6. The molecule has 4 rings (SSSR count). The first-order chi connectivity index (χ1) is 20.3. The van der Waals surface area contributed by atoms with Crippen molar-refractivity contribution >= 4 is 29.8 Å². The molecule has 1 amide bonds. The van der Waals surface area contributed by atoms with Crippen LogP contribution in [0.15, 0.2) is 0 Å². The Morgan fingerprint density at radius 1 is 0.886 bits per heavy atom. The lowest BCUT2D eigenvalue weighted by Crippen LogP contribution is -2.67. The van der Waals surface area contributed by atoms with Crippen molar-refractivity contribution in [3.8, 4) is 0 Å². The van der Waals surface area contributed by atoms with E-state index in [2.05, 4.69) is 53.2 Å². The highest BCUT2D eigenvalue weighted by atomic mass is 32.2. The maximum atomic E-state index is 13.6. The smallest absolute Gasteiger partial charge is 0.306 e. The van der Waals surface area contributed by atoms with Crippen LogP contribution in [-0.2, 0) is 19.1 Å². The van der Waals surface area contributed by atoms with Crippen LogP contribution in [0, 0.1) is 56.2 Å². The van der Waals surface area contributed by atoms with Crippen LogP contribution in [0.2, 0.25) is 0 Å². The SMILES string of the molecule is CCCC[C@@H]1C2CCC3C4(C)CCC(OC(=O)CC(C)(C)CC(=O)O)C(C)(C)C4CCC3(C)[C@]2(C)CCC1(C)C(=O)NSC. The predicted molar refractivity (Wildman–Crippen MR) is 179 cm³/mol. The molecule has 252 valence electrons. The number of carboxylic acid groups (broad SMARTS) is 1. The Hall–Kier alpha value is -1.24. The van der Waals surface area contributed by atoms with Gasteiger partial charge >= 0.3 is 11.9 Å². The van der Waals surface area contributed by atoms with E-state index in [0.29, 0.717) is 23.7 Å². The fourth-order valence-corrected chi connectivity index (χ4v) is 12.3. The first-order valence-corrected chi connectivity index (χ1v) is 18.8. The van der Waals surface area contributed by atoms with Crippen molar-refractivity contribution in [3.05, 3.63) is 0 Å². The van der Waals surface area contributed by atoms with E-state index in [-0.39, 0.29) is 57.9 Å². The van der Waals surface area contributed by atoms with Crippen LogP contribution in [0.4, 0.5) is 0 Å². The highest BCUT2D eigenvalue weighted by Crippen LogP contribution is 2.76. The summed E-state index contributed by atoms with van der Waals surface area (Å²) in [6, 6.07) is 0. The van der Waals surface area contributed by atoms with Gasteiger partial charge in [0.25, 0.3) is 0 Å². The molecule has 6 nitrogen and oxygen atoms in total. The van der Waals surface area contributed by atoms with Gasteiger partial charge in [0.15, 0.2) is 0 Å². The van der Waals surface area contributed by atoms with Gasteiger partial charge in [0.1, 0.15) is 6.10 Å². The van der Waals surface area contributed by atoms with Crippen molar-refractivity contribution in [1.29, 1.82) is 0 Å². The number of carbonyl (C=O) groups excluding carboxylic acids is 2. The molecule has 4 saturated carbocycles. The Morgan fingerprint density at radius 2 is 1.57 bits per heavy atom. The molecule has 0 radical (unpaired) electrons. The van der Waals surface area contributed by atoms with E-state index in [1.54, 1.807) is 0 Å². The third-order valence-electron chi connectivity index (χ3n) is 14.5. The molecule has 0 spiro atoms. The lowest BCUT2D eigenvalue weighted by atomic mass is 9.32. The molecule has 4 aliphatic rings. The second-order valence-electron chi connectivity index (χ2n) is 17.7. The van der Waals surface area contributed by atoms with Gasteiger partial charge in [-0.25, -0.2) is 0 Å². The fraction of sp³-hybridized carbons (Fsp3) is 0.919. The number of aliphatic carboxylic acids is 1. The van der Waals surface area contributed by atoms with Gasteiger partial charge in [-0.15, -0.1) is 0 Å². The van der Waals surface area contributed by atoms with Gasteiger partial charge in [-0.1, -0.05) is 87.1 Å². The average molecular weight is 634 g/mol. The second-order valence-corrected chi connectivity index (χ2v) is 18.3. The van der Waals surface area contributed by atoms with Crippen molar-refractivity contribution in [2.45, 2.75) is 152 Å². The summed E-state index contributed by atoms with van der Waals surface area (Å²) in [5, 5.41) is 9.28. The van der Waals surface area contributed by atoms with Crippen molar-refractivity contribution in [1.82, 2.24) is 4.72 Å². The van der Waals surface area contributed by atoms with Crippen LogP contribution < -0.4 is 4.72 Å². The van der Waals surface area contributed by atoms with Crippen LogP contribution in [0.5, 0.6) is 0 Å². The molecule has 0 bridgehead atoms. The third kappa shape index (κ3) is 5.87. The van der Waals surface area contributed by atoms with E-state index in [9.17, 15) is 19.5 Å². The number of hydrogen-bond acceptors (Lipinski definition) is 5. The molecule has 2 N–H and O–H groups in total. The number of nitrogens with one attached hydrogen (secondary N) is 1. The number of hydrogen-bond donors (Lipinski definition) is 2. The molecule has 4 fully saturated rings. The van der Waals surface area contributed by atoms with Gasteiger partial charge in [0.2, 0.25) is 5.91 Å². The Morgan fingerprint density at radius 3 is 2.18 bits per heavy atom. The van der Waals surface area contributed by atoms with Gasteiger partial charge in [0.05, 0.1) is 18.3 Å². The number of esters is 1. The summed E-state index contributed by atoms with van der Waals surface area (Å²) in [5.74, 6) is 1.13. The summed E-state index contributed by atoms with van der Waals surface area (Å²) in [7, 11) is 0. The zero-order valence-electron chi connectivity index (χ0n) is 29.6. The van der Waals surface area contributed by atoms with E-state index in [0.717, 1.165) is 44.9 Å². The van der Waals surface area contributed by atoms with Crippen LogP contribution in [-0.4, -0.2) is 35.3 Å². The monoisotopic (exact) mass is 633 g/mol. The van der Waals surface area contributed by atoms with E-state index in [4.69, 9.17) is 4.74 Å². The Kier molecular flexibility index (Phi) is 10.0. The van der Waals surface area contributed by atoms with E-state index >= 15 is 0 Å². The summed E-state index contributed by atoms with van der Waals surface area (Å²) >= 11 is 1.44. The van der Waals surface area contributed by atoms with Crippen molar-refractivity contribution in [2.24, 2.45) is 56.2 Å². The number of carboxylic acids is 1. The summed E-state index contributed by atoms with van der Waals surface area (Å²) in [6.45, 7) is 20.6. The maximum Gasteiger partial charge on any atom is 0.306 e. The van der Waals surface area contributed by atoms with Crippen molar-refractivity contribution in [2.75, 3.05) is 6.26 Å². The minimum atomic E-state index is -0.882. The van der Waals surface area contributed by atoms with Gasteiger partial charge in [0, 0.05) is 11.7 Å². The third-order valence-corrected chi connectivity index (χ3v) is 14.8. The predicted octanol–water partition coefficient (Wildman–Crippen LogP) is 9.07. The maximum absolute atomic E-state index is 13.6. The van der Waals surface area contributed by atoms with Crippen LogP contribution >= 0.6 is 11.9 Å². The summed E-state index contributed by atoms with van der Waals surface area (Å²) < 4.78 is 9.37. The number of ether oxygens (including phenoxy) is 1. The highest BCUT2D eigenvalue weighted by Gasteiger charge is 2.70. The molecule has 4 aliphatic carbocycles. The quantitative estimate of drug-likeness (QED) is 0.184. The molecule has 0 aliphatic heterocycles. The largest absolute Gasteiger partial charge is 0.481 e. The van der Waals surface area contributed by atoms with E-state index in [1.807, 2.05) is 20.1 Å². The summed E-state index contributed by atoms with van der Waals surface area (Å²) in [6.07, 6.45) is 14.1. The molecule has 7 heteroatoms. The van der Waals surface area contributed by atoms with Gasteiger partial charge in [-0.3, -0.25) is 19.1 Å². The number of fused-ring (bicyclic) bond motifs is 5. The van der Waals surface area contributed by atoms with Crippen LogP contribution in [0.3, 0.4) is 0 Å². The fourth-order valence-electron chi connectivity index (χ4n) is 11.9. The number of rotatable bonds is 10. The zero-order valence-corrected chi connectivity index (χ0v) is 30.4. The van der Waals surface area contributed by atoms with Crippen LogP contribution in [0.1, 0.15) is 146 Å². The molecule has 0 aromatic carbocycles. The number of amides is 1. The van der Waals surface area contributed by atoms with Crippen molar-refractivity contribution in [3.63, 3.8) is 0 Å². The minimum Gasteiger partial charge on any atom is -0.481 e.